The van der Waals surface area contributed by atoms with E-state index in [2.05, 4.69) is 4.90 Å². The summed E-state index contributed by atoms with van der Waals surface area (Å²) in [5.74, 6) is -0.140. The summed E-state index contributed by atoms with van der Waals surface area (Å²) >= 11 is 0. The van der Waals surface area contributed by atoms with Gasteiger partial charge in [-0.1, -0.05) is 0 Å². The van der Waals surface area contributed by atoms with E-state index in [4.69, 9.17) is 15.2 Å². The molecule has 19 heavy (non-hydrogen) atoms. The first-order valence-electron chi connectivity index (χ1n) is 6.57. The zero-order valence-corrected chi connectivity index (χ0v) is 13.2. The average Bonchev–Trinajstić information content (AvgIpc) is 2.58. The maximum Gasteiger partial charge on any atom is 0.307 e. The molecule has 1 aliphatic heterocycles. The van der Waals surface area contributed by atoms with Gasteiger partial charge in [0.25, 0.3) is 0 Å². The summed E-state index contributed by atoms with van der Waals surface area (Å²) in [6.45, 7) is 7.84. The van der Waals surface area contributed by atoms with Crippen molar-refractivity contribution in [2.24, 2.45) is 5.73 Å². The number of hydrogen-bond acceptors (Lipinski definition) is 5. The fourth-order valence-electron chi connectivity index (χ4n) is 2.45. The Morgan fingerprint density at radius 2 is 2.11 bits per heavy atom. The Morgan fingerprint density at radius 3 is 2.58 bits per heavy atom. The number of carbonyl (C=O) groups excluding carboxylic acids is 1. The van der Waals surface area contributed by atoms with Crippen LogP contribution in [0.2, 0.25) is 0 Å². The third kappa shape index (κ3) is 6.56. The van der Waals surface area contributed by atoms with Crippen LogP contribution in [0.1, 0.15) is 33.6 Å². The molecule has 0 spiro atoms. The summed E-state index contributed by atoms with van der Waals surface area (Å²) in [5.41, 5.74) is 5.79. The Balaban J connectivity index is 0.00000324. The number of esters is 1. The summed E-state index contributed by atoms with van der Waals surface area (Å²) in [6.07, 6.45) is 1.47. The van der Waals surface area contributed by atoms with Gasteiger partial charge in [-0.05, 0) is 27.2 Å². The molecule has 1 aliphatic rings. The van der Waals surface area contributed by atoms with Gasteiger partial charge in [0.15, 0.2) is 0 Å². The van der Waals surface area contributed by atoms with Gasteiger partial charge < -0.3 is 15.2 Å². The SMILES string of the molecule is CCOC(=O)CC1CC(OC)CN1CC(C)(C)N.Cl. The zero-order chi connectivity index (χ0) is 13.8. The number of methoxy groups -OCH3 is 1. The third-order valence-corrected chi connectivity index (χ3v) is 3.14. The molecule has 0 bridgehead atoms. The first-order valence-corrected chi connectivity index (χ1v) is 6.57. The van der Waals surface area contributed by atoms with E-state index >= 15 is 0 Å². The van der Waals surface area contributed by atoms with Crippen LogP contribution in [-0.2, 0) is 14.3 Å². The molecule has 2 unspecified atom stereocenters. The van der Waals surface area contributed by atoms with E-state index in [1.54, 1.807) is 7.11 Å². The number of hydrogen-bond donors (Lipinski definition) is 1. The number of ether oxygens (including phenoxy) is 2. The molecule has 1 fully saturated rings. The van der Waals surface area contributed by atoms with E-state index in [1.807, 2.05) is 20.8 Å². The minimum absolute atomic E-state index is 0. The first-order chi connectivity index (χ1) is 8.35. The molecule has 114 valence electrons. The number of likely N-dealkylation sites (tertiary alicyclic amines) is 1. The fourth-order valence-corrected chi connectivity index (χ4v) is 2.45. The summed E-state index contributed by atoms with van der Waals surface area (Å²) in [7, 11) is 1.71. The van der Waals surface area contributed by atoms with Crippen LogP contribution in [0.25, 0.3) is 0 Å². The molecule has 1 heterocycles. The maximum absolute atomic E-state index is 11.6. The van der Waals surface area contributed by atoms with Crippen LogP contribution in [0, 0.1) is 0 Å². The van der Waals surface area contributed by atoms with Gasteiger partial charge in [-0.3, -0.25) is 9.69 Å². The second-order valence-electron chi connectivity index (χ2n) is 5.67. The molecule has 0 amide bonds. The minimum atomic E-state index is -0.268. The molecule has 0 aliphatic carbocycles. The van der Waals surface area contributed by atoms with Crippen molar-refractivity contribution < 1.29 is 14.3 Å². The highest BCUT2D eigenvalue weighted by atomic mass is 35.5. The predicted octanol–water partition coefficient (Wildman–Crippen LogP) is 1.19. The lowest BCUT2D eigenvalue weighted by Crippen LogP contribution is -2.47. The van der Waals surface area contributed by atoms with E-state index in [0.717, 1.165) is 19.5 Å². The third-order valence-electron chi connectivity index (χ3n) is 3.14. The molecular formula is C13H27ClN2O3. The summed E-state index contributed by atoms with van der Waals surface area (Å²) in [6, 6.07) is 0.178. The van der Waals surface area contributed by atoms with Crippen molar-refractivity contribution in [2.75, 3.05) is 26.8 Å². The quantitative estimate of drug-likeness (QED) is 0.746. The van der Waals surface area contributed by atoms with E-state index in [1.165, 1.54) is 0 Å². The van der Waals surface area contributed by atoms with Gasteiger partial charge in [0.2, 0.25) is 0 Å². The Labute approximate surface area is 122 Å². The molecule has 0 aromatic heterocycles. The molecule has 6 heteroatoms. The highest BCUT2D eigenvalue weighted by Crippen LogP contribution is 2.24. The monoisotopic (exact) mass is 294 g/mol. The van der Waals surface area contributed by atoms with Crippen molar-refractivity contribution >= 4 is 18.4 Å². The fraction of sp³-hybridized carbons (Fsp3) is 0.923. The largest absolute Gasteiger partial charge is 0.466 e. The Morgan fingerprint density at radius 1 is 1.47 bits per heavy atom. The van der Waals surface area contributed by atoms with Gasteiger partial charge in [-0.2, -0.15) is 0 Å². The van der Waals surface area contributed by atoms with Gasteiger partial charge in [-0.15, -0.1) is 12.4 Å². The van der Waals surface area contributed by atoms with Gasteiger partial charge in [-0.25, -0.2) is 0 Å². The lowest BCUT2D eigenvalue weighted by molar-refractivity contribution is -0.144. The molecule has 2 N–H and O–H groups in total. The van der Waals surface area contributed by atoms with Crippen molar-refractivity contribution in [3.63, 3.8) is 0 Å². The lowest BCUT2D eigenvalue weighted by Gasteiger charge is -2.30. The number of nitrogens with two attached hydrogens (primary N) is 1. The zero-order valence-electron chi connectivity index (χ0n) is 12.3. The van der Waals surface area contributed by atoms with Crippen LogP contribution >= 0.6 is 12.4 Å². The molecular weight excluding hydrogens is 268 g/mol. The normalized spacial score (nSPS) is 24.1. The van der Waals surface area contributed by atoms with Gasteiger partial charge in [0.05, 0.1) is 19.1 Å². The molecule has 1 rings (SSSR count). The van der Waals surface area contributed by atoms with Crippen molar-refractivity contribution in [1.29, 1.82) is 0 Å². The number of nitrogens with zero attached hydrogens (tertiary/aromatic N) is 1. The van der Waals surface area contributed by atoms with Crippen LogP contribution in [0.3, 0.4) is 0 Å². The highest BCUT2D eigenvalue weighted by molar-refractivity contribution is 5.85. The average molecular weight is 295 g/mol. The second kappa shape index (κ2) is 8.04. The molecule has 0 saturated carbocycles. The number of carbonyl (C=O) groups is 1. The van der Waals surface area contributed by atoms with Crippen molar-refractivity contribution in [3.05, 3.63) is 0 Å². The van der Waals surface area contributed by atoms with Crippen LogP contribution in [0.5, 0.6) is 0 Å². The topological polar surface area (TPSA) is 64.8 Å². The van der Waals surface area contributed by atoms with Gasteiger partial charge >= 0.3 is 5.97 Å². The van der Waals surface area contributed by atoms with Crippen LogP contribution in [0.15, 0.2) is 0 Å². The number of halogens is 1. The van der Waals surface area contributed by atoms with Crippen LogP contribution in [0.4, 0.5) is 0 Å². The maximum atomic E-state index is 11.6. The Kier molecular flexibility index (Phi) is 7.89. The summed E-state index contributed by atoms with van der Waals surface area (Å²) in [4.78, 5) is 13.8. The molecule has 1 saturated heterocycles. The highest BCUT2D eigenvalue weighted by Gasteiger charge is 2.35. The summed E-state index contributed by atoms with van der Waals surface area (Å²) in [5, 5.41) is 0. The second-order valence-corrected chi connectivity index (χ2v) is 5.67. The Hall–Kier alpha value is -0.360. The Bertz CT molecular complexity index is 282. The van der Waals surface area contributed by atoms with Crippen molar-refractivity contribution in [2.45, 2.75) is 51.3 Å². The van der Waals surface area contributed by atoms with Crippen LogP contribution in [-0.4, -0.2) is 55.4 Å². The van der Waals surface area contributed by atoms with E-state index in [0.29, 0.717) is 13.0 Å². The van der Waals surface area contributed by atoms with Gasteiger partial charge in [0.1, 0.15) is 0 Å². The van der Waals surface area contributed by atoms with E-state index in [-0.39, 0.29) is 36.1 Å². The smallest absolute Gasteiger partial charge is 0.307 e. The molecule has 0 aromatic carbocycles. The van der Waals surface area contributed by atoms with Crippen LogP contribution < -0.4 is 5.73 Å². The molecule has 0 radical (unpaired) electrons. The standard InChI is InChI=1S/C13H26N2O3.ClH/c1-5-18-12(16)7-10-6-11(17-4)8-15(10)9-13(2,3)14;/h10-11H,5-9,14H2,1-4H3;1H. The predicted molar refractivity (Wildman–Crippen MR) is 77.5 cm³/mol. The minimum Gasteiger partial charge on any atom is -0.466 e. The lowest BCUT2D eigenvalue weighted by atomic mass is 10.1. The van der Waals surface area contributed by atoms with Crippen molar-refractivity contribution in [1.82, 2.24) is 4.90 Å². The molecule has 5 nitrogen and oxygen atoms in total. The van der Waals surface area contributed by atoms with E-state index in [9.17, 15) is 4.79 Å². The summed E-state index contributed by atoms with van der Waals surface area (Å²) < 4.78 is 10.4. The first kappa shape index (κ1) is 18.6. The van der Waals surface area contributed by atoms with E-state index < -0.39 is 0 Å². The molecule has 0 aromatic rings. The number of rotatable bonds is 6. The van der Waals surface area contributed by atoms with Gasteiger partial charge in [0, 0.05) is 31.8 Å². The molecule has 2 atom stereocenters. The van der Waals surface area contributed by atoms with Crippen molar-refractivity contribution in [3.8, 4) is 0 Å².